The van der Waals surface area contributed by atoms with Gasteiger partial charge in [-0.1, -0.05) is 6.42 Å². The molecular formula is C11H20N2O3S. The first kappa shape index (κ1) is 11.9. The van der Waals surface area contributed by atoms with Gasteiger partial charge in [-0.05, 0) is 24.7 Å². The summed E-state index contributed by atoms with van der Waals surface area (Å²) in [7, 11) is -3.22. The predicted octanol–water partition coefficient (Wildman–Crippen LogP) is 0.295. The summed E-state index contributed by atoms with van der Waals surface area (Å²) in [6, 6.07) is 0. The van der Waals surface area contributed by atoms with Gasteiger partial charge in [0.25, 0.3) is 10.2 Å². The minimum atomic E-state index is -3.22. The Morgan fingerprint density at radius 2 is 1.53 bits per heavy atom. The van der Waals surface area contributed by atoms with Crippen molar-refractivity contribution in [3.05, 3.63) is 0 Å². The van der Waals surface area contributed by atoms with Gasteiger partial charge >= 0.3 is 0 Å². The van der Waals surface area contributed by atoms with E-state index in [1.165, 1.54) is 19.3 Å². The van der Waals surface area contributed by atoms with Crippen molar-refractivity contribution in [1.82, 2.24) is 8.61 Å². The standard InChI is InChI=1S/C11H20N2O3S/c14-17(15,12-4-6-16-7-5-12)13-8-10-2-1-3-11(10)9-13/h10-11H,1-9H2/t10-,11-/m1/s1. The first-order valence-electron chi connectivity index (χ1n) is 6.51. The molecule has 1 aliphatic carbocycles. The molecule has 17 heavy (non-hydrogen) atoms. The van der Waals surface area contributed by atoms with E-state index in [9.17, 15) is 8.42 Å². The normalized spacial score (nSPS) is 36.2. The topological polar surface area (TPSA) is 49.9 Å². The molecule has 3 fully saturated rings. The van der Waals surface area contributed by atoms with Gasteiger partial charge < -0.3 is 4.74 Å². The molecule has 0 aromatic carbocycles. The van der Waals surface area contributed by atoms with Gasteiger partial charge in [-0.3, -0.25) is 0 Å². The molecule has 3 aliphatic rings. The highest BCUT2D eigenvalue weighted by Gasteiger charge is 2.43. The van der Waals surface area contributed by atoms with Crippen LogP contribution in [0.5, 0.6) is 0 Å². The van der Waals surface area contributed by atoms with Crippen molar-refractivity contribution >= 4 is 10.2 Å². The molecule has 0 bridgehead atoms. The molecule has 2 heterocycles. The predicted molar refractivity (Wildman–Crippen MR) is 63.7 cm³/mol. The molecule has 2 aliphatic heterocycles. The van der Waals surface area contributed by atoms with Crippen LogP contribution in [0.3, 0.4) is 0 Å². The third-order valence-corrected chi connectivity index (χ3v) is 6.28. The van der Waals surface area contributed by atoms with Crippen LogP contribution in [-0.4, -0.2) is 56.4 Å². The Balaban J connectivity index is 1.70. The molecule has 0 unspecified atom stereocenters. The Bertz CT molecular complexity index is 366. The number of ether oxygens (including phenoxy) is 1. The highest BCUT2D eigenvalue weighted by molar-refractivity contribution is 7.86. The molecule has 0 amide bonds. The Hall–Kier alpha value is -0.170. The average Bonchev–Trinajstić information content (AvgIpc) is 2.90. The fourth-order valence-corrected chi connectivity index (χ4v) is 5.02. The summed E-state index contributed by atoms with van der Waals surface area (Å²) in [6.07, 6.45) is 3.69. The SMILES string of the molecule is O=S(=O)(N1CCOCC1)N1C[C@H]2CCC[C@@H]2C1. The van der Waals surface area contributed by atoms with Crippen LogP contribution in [0.15, 0.2) is 0 Å². The molecule has 2 atom stereocenters. The van der Waals surface area contributed by atoms with Gasteiger partial charge in [0.2, 0.25) is 0 Å². The highest BCUT2D eigenvalue weighted by atomic mass is 32.2. The monoisotopic (exact) mass is 260 g/mol. The van der Waals surface area contributed by atoms with Crippen LogP contribution >= 0.6 is 0 Å². The zero-order valence-electron chi connectivity index (χ0n) is 10.0. The number of morpholine rings is 1. The van der Waals surface area contributed by atoms with Crippen LogP contribution in [0.2, 0.25) is 0 Å². The van der Waals surface area contributed by atoms with Gasteiger partial charge in [0.05, 0.1) is 13.2 Å². The fraction of sp³-hybridized carbons (Fsp3) is 1.00. The van der Waals surface area contributed by atoms with Crippen LogP contribution in [0.4, 0.5) is 0 Å². The lowest BCUT2D eigenvalue weighted by Crippen LogP contribution is -2.48. The zero-order valence-corrected chi connectivity index (χ0v) is 10.9. The third kappa shape index (κ3) is 2.12. The third-order valence-electron chi connectivity index (χ3n) is 4.32. The molecule has 0 aromatic heterocycles. The fourth-order valence-electron chi connectivity index (χ4n) is 3.32. The van der Waals surface area contributed by atoms with Crippen LogP contribution < -0.4 is 0 Å². The Morgan fingerprint density at radius 3 is 2.12 bits per heavy atom. The van der Waals surface area contributed by atoms with Crippen molar-refractivity contribution in [3.63, 3.8) is 0 Å². The van der Waals surface area contributed by atoms with Gasteiger partial charge in [0.1, 0.15) is 0 Å². The summed E-state index contributed by atoms with van der Waals surface area (Å²) >= 11 is 0. The van der Waals surface area contributed by atoms with Gasteiger partial charge in [0, 0.05) is 26.2 Å². The van der Waals surface area contributed by atoms with Crippen LogP contribution in [0.25, 0.3) is 0 Å². The molecular weight excluding hydrogens is 240 g/mol. The Morgan fingerprint density at radius 1 is 0.941 bits per heavy atom. The molecule has 2 saturated heterocycles. The summed E-state index contributed by atoms with van der Waals surface area (Å²) in [5.41, 5.74) is 0. The second kappa shape index (κ2) is 4.50. The van der Waals surface area contributed by atoms with Crippen molar-refractivity contribution in [2.45, 2.75) is 19.3 Å². The lowest BCUT2D eigenvalue weighted by Gasteiger charge is -2.30. The molecule has 0 N–H and O–H groups in total. The first-order chi connectivity index (χ1) is 8.18. The van der Waals surface area contributed by atoms with Crippen molar-refractivity contribution in [2.75, 3.05) is 39.4 Å². The number of fused-ring (bicyclic) bond motifs is 1. The van der Waals surface area contributed by atoms with Crippen LogP contribution in [-0.2, 0) is 14.9 Å². The van der Waals surface area contributed by atoms with E-state index in [4.69, 9.17) is 4.74 Å². The summed E-state index contributed by atoms with van der Waals surface area (Å²) in [5.74, 6) is 1.23. The molecule has 0 radical (unpaired) electrons. The van der Waals surface area contributed by atoms with E-state index >= 15 is 0 Å². The minimum Gasteiger partial charge on any atom is -0.379 e. The smallest absolute Gasteiger partial charge is 0.282 e. The number of hydrogen-bond acceptors (Lipinski definition) is 3. The van der Waals surface area contributed by atoms with Crippen molar-refractivity contribution < 1.29 is 13.2 Å². The summed E-state index contributed by atoms with van der Waals surface area (Å²) < 4.78 is 33.3. The van der Waals surface area contributed by atoms with Gasteiger partial charge in [0.15, 0.2) is 0 Å². The van der Waals surface area contributed by atoms with E-state index in [0.717, 1.165) is 13.1 Å². The van der Waals surface area contributed by atoms with Crippen molar-refractivity contribution in [2.24, 2.45) is 11.8 Å². The molecule has 0 aromatic rings. The van der Waals surface area contributed by atoms with E-state index in [2.05, 4.69) is 0 Å². The van der Waals surface area contributed by atoms with E-state index in [1.807, 2.05) is 0 Å². The maximum absolute atomic E-state index is 12.4. The maximum atomic E-state index is 12.4. The maximum Gasteiger partial charge on any atom is 0.282 e. The quantitative estimate of drug-likeness (QED) is 0.717. The second-order valence-electron chi connectivity index (χ2n) is 5.29. The van der Waals surface area contributed by atoms with Gasteiger partial charge in [-0.25, -0.2) is 0 Å². The number of rotatable bonds is 2. The molecule has 1 saturated carbocycles. The van der Waals surface area contributed by atoms with Crippen LogP contribution in [0.1, 0.15) is 19.3 Å². The minimum absolute atomic E-state index is 0.508. The van der Waals surface area contributed by atoms with Crippen molar-refractivity contribution in [1.29, 1.82) is 0 Å². The summed E-state index contributed by atoms with van der Waals surface area (Å²) in [5, 5.41) is 0. The zero-order chi connectivity index (χ0) is 11.9. The van der Waals surface area contributed by atoms with E-state index in [0.29, 0.717) is 38.1 Å². The second-order valence-corrected chi connectivity index (χ2v) is 7.22. The summed E-state index contributed by atoms with van der Waals surface area (Å²) in [4.78, 5) is 0. The molecule has 0 spiro atoms. The van der Waals surface area contributed by atoms with Gasteiger partial charge in [-0.2, -0.15) is 17.0 Å². The lowest BCUT2D eigenvalue weighted by molar-refractivity contribution is 0.0704. The molecule has 6 heteroatoms. The molecule has 98 valence electrons. The lowest BCUT2D eigenvalue weighted by atomic mass is 10.0. The van der Waals surface area contributed by atoms with Gasteiger partial charge in [-0.15, -0.1) is 0 Å². The number of hydrogen-bond donors (Lipinski definition) is 0. The van der Waals surface area contributed by atoms with E-state index < -0.39 is 10.2 Å². The van der Waals surface area contributed by atoms with E-state index in [-0.39, 0.29) is 0 Å². The summed E-state index contributed by atoms with van der Waals surface area (Å²) in [6.45, 7) is 3.55. The van der Waals surface area contributed by atoms with Crippen LogP contribution in [0, 0.1) is 11.8 Å². The average molecular weight is 260 g/mol. The van der Waals surface area contributed by atoms with Crippen molar-refractivity contribution in [3.8, 4) is 0 Å². The Kier molecular flexibility index (Phi) is 3.15. The molecule has 3 rings (SSSR count). The largest absolute Gasteiger partial charge is 0.379 e. The number of nitrogens with zero attached hydrogens (tertiary/aromatic N) is 2. The first-order valence-corrected chi connectivity index (χ1v) is 7.90. The Labute approximate surface area is 103 Å². The van der Waals surface area contributed by atoms with E-state index in [1.54, 1.807) is 8.61 Å². The highest BCUT2D eigenvalue weighted by Crippen LogP contribution is 2.39. The molecule has 5 nitrogen and oxygen atoms in total.